The third kappa shape index (κ3) is 1.21. The maximum absolute atomic E-state index is 9.05. The molecular weight excluding hydrogens is 126 g/mol. The van der Waals surface area contributed by atoms with Crippen LogP contribution in [0.15, 0.2) is 18.2 Å². The second-order valence-corrected chi connectivity index (χ2v) is 2.09. The van der Waals surface area contributed by atoms with Crippen LogP contribution < -0.4 is 5.32 Å². The Bertz CT molecular complexity index is 233. The molecule has 1 rings (SSSR count). The molecule has 1 radical (unpaired) electrons. The van der Waals surface area contributed by atoms with E-state index in [4.69, 9.17) is 5.11 Å². The van der Waals surface area contributed by atoms with Gasteiger partial charge in [0.1, 0.15) is 5.75 Å². The molecular formula is C8H10NO. The minimum atomic E-state index is 0.235. The summed E-state index contributed by atoms with van der Waals surface area (Å²) in [5.74, 6) is 0.235. The second kappa shape index (κ2) is 2.60. The third-order valence-corrected chi connectivity index (χ3v) is 1.37. The first-order valence-electron chi connectivity index (χ1n) is 3.07. The monoisotopic (exact) mass is 136 g/mol. The Morgan fingerprint density at radius 3 is 2.70 bits per heavy atom. The van der Waals surface area contributed by atoms with Gasteiger partial charge < -0.3 is 10.4 Å². The Morgan fingerprint density at radius 1 is 1.50 bits per heavy atom. The number of phenolic OH excluding ortho intramolecular Hbond substituents is 1. The Morgan fingerprint density at radius 2 is 2.20 bits per heavy atom. The topological polar surface area (TPSA) is 32.3 Å². The van der Waals surface area contributed by atoms with Gasteiger partial charge in [0.15, 0.2) is 0 Å². The highest BCUT2D eigenvalue weighted by molar-refractivity contribution is 5.51. The van der Waals surface area contributed by atoms with Gasteiger partial charge >= 0.3 is 0 Å². The zero-order valence-corrected chi connectivity index (χ0v) is 5.89. The van der Waals surface area contributed by atoms with Crippen molar-refractivity contribution in [2.45, 2.75) is 0 Å². The van der Waals surface area contributed by atoms with Gasteiger partial charge in [-0.15, -0.1) is 0 Å². The Labute approximate surface area is 60.5 Å². The van der Waals surface area contributed by atoms with E-state index in [-0.39, 0.29) is 5.75 Å². The van der Waals surface area contributed by atoms with E-state index in [1.807, 2.05) is 7.05 Å². The molecule has 10 heavy (non-hydrogen) atoms. The van der Waals surface area contributed by atoms with Crippen LogP contribution in [0, 0.1) is 6.92 Å². The largest absolute Gasteiger partial charge is 0.508 e. The van der Waals surface area contributed by atoms with Gasteiger partial charge in [-0.05, 0) is 30.7 Å². The molecule has 2 heteroatoms. The Hall–Kier alpha value is -1.18. The molecule has 0 aliphatic heterocycles. The number of anilines is 1. The van der Waals surface area contributed by atoms with E-state index in [1.165, 1.54) is 0 Å². The van der Waals surface area contributed by atoms with Gasteiger partial charge in [0.25, 0.3) is 0 Å². The maximum atomic E-state index is 9.05. The molecule has 0 saturated heterocycles. The molecule has 0 bridgehead atoms. The average Bonchev–Trinajstić information content (AvgIpc) is 1.95. The molecule has 0 aliphatic carbocycles. The molecule has 0 saturated carbocycles. The van der Waals surface area contributed by atoms with Crippen LogP contribution >= 0.6 is 0 Å². The molecule has 0 fully saturated rings. The van der Waals surface area contributed by atoms with Crippen LogP contribution in [-0.2, 0) is 0 Å². The molecule has 1 aromatic rings. The lowest BCUT2D eigenvalue weighted by Crippen LogP contribution is -1.87. The summed E-state index contributed by atoms with van der Waals surface area (Å²) >= 11 is 0. The smallest absolute Gasteiger partial charge is 0.118 e. The molecule has 0 amide bonds. The van der Waals surface area contributed by atoms with Crippen LogP contribution in [0.5, 0.6) is 5.75 Å². The van der Waals surface area contributed by atoms with Crippen molar-refractivity contribution in [2.75, 3.05) is 12.4 Å². The summed E-state index contributed by atoms with van der Waals surface area (Å²) in [6.45, 7) is 3.64. The van der Waals surface area contributed by atoms with Crippen molar-refractivity contribution in [2.24, 2.45) is 0 Å². The number of hydrogen-bond acceptors (Lipinski definition) is 2. The van der Waals surface area contributed by atoms with Crippen molar-refractivity contribution in [3.8, 4) is 5.75 Å². The highest BCUT2D eigenvalue weighted by Gasteiger charge is 1.94. The lowest BCUT2D eigenvalue weighted by molar-refractivity contribution is 0.473. The molecule has 1 aromatic carbocycles. The summed E-state index contributed by atoms with van der Waals surface area (Å²) in [5.41, 5.74) is 1.61. The summed E-state index contributed by atoms with van der Waals surface area (Å²) in [7, 11) is 1.83. The second-order valence-electron chi connectivity index (χ2n) is 2.09. The van der Waals surface area contributed by atoms with Crippen LogP contribution in [0.1, 0.15) is 5.56 Å². The van der Waals surface area contributed by atoms with Gasteiger partial charge in [0, 0.05) is 12.7 Å². The zero-order chi connectivity index (χ0) is 7.56. The summed E-state index contributed by atoms with van der Waals surface area (Å²) in [6.07, 6.45) is 0. The van der Waals surface area contributed by atoms with Crippen LogP contribution in [0.2, 0.25) is 0 Å². The van der Waals surface area contributed by atoms with E-state index < -0.39 is 0 Å². The Balaban J connectivity index is 3.04. The molecule has 0 aromatic heterocycles. The fourth-order valence-corrected chi connectivity index (χ4v) is 0.741. The van der Waals surface area contributed by atoms with Gasteiger partial charge in [0.05, 0.1) is 0 Å². The molecule has 0 unspecified atom stereocenters. The van der Waals surface area contributed by atoms with Gasteiger partial charge in [-0.2, -0.15) is 0 Å². The first-order valence-corrected chi connectivity index (χ1v) is 3.07. The average molecular weight is 136 g/mol. The molecule has 0 aliphatic rings. The first kappa shape index (κ1) is 6.93. The Kier molecular flexibility index (Phi) is 1.81. The van der Waals surface area contributed by atoms with Gasteiger partial charge in [-0.1, -0.05) is 0 Å². The van der Waals surface area contributed by atoms with Crippen molar-refractivity contribution in [1.82, 2.24) is 0 Å². The summed E-state index contributed by atoms with van der Waals surface area (Å²) in [4.78, 5) is 0. The fraction of sp³-hybridized carbons (Fsp3) is 0.125. The van der Waals surface area contributed by atoms with Crippen molar-refractivity contribution in [1.29, 1.82) is 0 Å². The summed E-state index contributed by atoms with van der Waals surface area (Å²) in [5, 5.41) is 12.0. The standard InChI is InChI=1S/C8H10NO/c1-6-5-7(9-2)3-4-8(6)10/h3-5,9-10H,1H2,2H3. The van der Waals surface area contributed by atoms with Gasteiger partial charge in [-0.3, -0.25) is 0 Å². The molecule has 0 atom stereocenters. The lowest BCUT2D eigenvalue weighted by atomic mass is 10.2. The first-order chi connectivity index (χ1) is 4.74. The number of nitrogens with one attached hydrogen (secondary N) is 1. The predicted molar refractivity (Wildman–Crippen MR) is 42.1 cm³/mol. The zero-order valence-electron chi connectivity index (χ0n) is 5.89. The van der Waals surface area contributed by atoms with E-state index >= 15 is 0 Å². The normalized spacial score (nSPS) is 9.40. The van der Waals surface area contributed by atoms with Crippen molar-refractivity contribution >= 4 is 5.69 Å². The molecule has 2 nitrogen and oxygen atoms in total. The van der Waals surface area contributed by atoms with Crippen LogP contribution in [0.3, 0.4) is 0 Å². The van der Waals surface area contributed by atoms with E-state index in [2.05, 4.69) is 12.2 Å². The SMILES string of the molecule is [CH2]c1cc(NC)ccc1O. The third-order valence-electron chi connectivity index (χ3n) is 1.37. The number of aromatic hydroxyl groups is 1. The molecule has 53 valence electrons. The number of phenols is 1. The van der Waals surface area contributed by atoms with Gasteiger partial charge in [0.2, 0.25) is 0 Å². The van der Waals surface area contributed by atoms with Crippen LogP contribution in [-0.4, -0.2) is 12.2 Å². The van der Waals surface area contributed by atoms with Crippen molar-refractivity contribution < 1.29 is 5.11 Å². The summed E-state index contributed by atoms with van der Waals surface area (Å²) < 4.78 is 0. The van der Waals surface area contributed by atoms with Crippen molar-refractivity contribution in [3.05, 3.63) is 30.7 Å². The fourth-order valence-electron chi connectivity index (χ4n) is 0.741. The minimum absolute atomic E-state index is 0.235. The highest BCUT2D eigenvalue weighted by atomic mass is 16.3. The number of hydrogen-bond donors (Lipinski definition) is 2. The van der Waals surface area contributed by atoms with Gasteiger partial charge in [-0.25, -0.2) is 0 Å². The molecule has 0 heterocycles. The van der Waals surface area contributed by atoms with Crippen LogP contribution in [0.25, 0.3) is 0 Å². The predicted octanol–water partition coefficient (Wildman–Crippen LogP) is 1.62. The van der Waals surface area contributed by atoms with E-state index in [0.29, 0.717) is 5.56 Å². The van der Waals surface area contributed by atoms with Crippen molar-refractivity contribution in [3.63, 3.8) is 0 Å². The lowest BCUT2D eigenvalue weighted by Gasteiger charge is -2.01. The maximum Gasteiger partial charge on any atom is 0.118 e. The highest BCUT2D eigenvalue weighted by Crippen LogP contribution is 2.19. The van der Waals surface area contributed by atoms with E-state index in [1.54, 1.807) is 18.2 Å². The summed E-state index contributed by atoms with van der Waals surface area (Å²) in [6, 6.07) is 5.20. The molecule has 2 N–H and O–H groups in total. The van der Waals surface area contributed by atoms with Crippen LogP contribution in [0.4, 0.5) is 5.69 Å². The van der Waals surface area contributed by atoms with E-state index in [0.717, 1.165) is 5.69 Å². The minimum Gasteiger partial charge on any atom is -0.508 e. The quantitative estimate of drug-likeness (QED) is 0.575. The number of benzene rings is 1. The van der Waals surface area contributed by atoms with E-state index in [9.17, 15) is 0 Å². The molecule has 0 spiro atoms. The number of rotatable bonds is 1.